The Hall–Kier alpha value is -1.51. The van der Waals surface area contributed by atoms with E-state index in [4.69, 9.17) is 5.73 Å². The van der Waals surface area contributed by atoms with Crippen LogP contribution in [0.5, 0.6) is 0 Å². The summed E-state index contributed by atoms with van der Waals surface area (Å²) in [7, 11) is 0. The SMILES string of the molecule is CCCN(C(C)=O)c1ccc(N)cc1. The second-order valence-corrected chi connectivity index (χ2v) is 3.26. The molecule has 1 amide bonds. The number of nitrogens with two attached hydrogens (primary N) is 1. The average molecular weight is 192 g/mol. The monoisotopic (exact) mass is 192 g/mol. The van der Waals surface area contributed by atoms with Gasteiger partial charge in [-0.3, -0.25) is 4.79 Å². The standard InChI is InChI=1S/C11H16N2O/c1-3-8-13(9(2)14)11-6-4-10(12)5-7-11/h4-7H,3,8,12H2,1-2H3. The third-order valence-corrected chi connectivity index (χ3v) is 2.03. The summed E-state index contributed by atoms with van der Waals surface area (Å²) in [5.74, 6) is 0.0663. The molecule has 0 fully saturated rings. The van der Waals surface area contributed by atoms with Gasteiger partial charge in [0.15, 0.2) is 0 Å². The first-order chi connectivity index (χ1) is 6.65. The van der Waals surface area contributed by atoms with Crippen molar-refractivity contribution in [1.29, 1.82) is 0 Å². The Morgan fingerprint density at radius 1 is 1.36 bits per heavy atom. The fourth-order valence-electron chi connectivity index (χ4n) is 1.35. The summed E-state index contributed by atoms with van der Waals surface area (Å²) < 4.78 is 0. The molecule has 0 saturated heterocycles. The van der Waals surface area contributed by atoms with Crippen molar-refractivity contribution >= 4 is 17.3 Å². The molecule has 0 aliphatic carbocycles. The molecular formula is C11H16N2O. The molecule has 0 spiro atoms. The summed E-state index contributed by atoms with van der Waals surface area (Å²) in [5.41, 5.74) is 7.20. The summed E-state index contributed by atoms with van der Waals surface area (Å²) in [6.45, 7) is 4.37. The highest BCUT2D eigenvalue weighted by Crippen LogP contribution is 2.16. The van der Waals surface area contributed by atoms with Crippen LogP contribution in [0.25, 0.3) is 0 Å². The lowest BCUT2D eigenvalue weighted by molar-refractivity contribution is -0.116. The maximum atomic E-state index is 11.3. The number of hydrogen-bond donors (Lipinski definition) is 1. The summed E-state index contributed by atoms with van der Waals surface area (Å²) in [5, 5.41) is 0. The quantitative estimate of drug-likeness (QED) is 0.745. The molecule has 0 saturated carbocycles. The number of carbonyl (C=O) groups excluding carboxylic acids is 1. The van der Waals surface area contributed by atoms with Crippen molar-refractivity contribution in [3.8, 4) is 0 Å². The molecule has 0 aliphatic heterocycles. The Labute approximate surface area is 84.5 Å². The first kappa shape index (κ1) is 10.6. The molecule has 0 unspecified atom stereocenters. The molecule has 1 aromatic rings. The number of rotatable bonds is 3. The molecule has 1 rings (SSSR count). The van der Waals surface area contributed by atoms with E-state index >= 15 is 0 Å². The van der Waals surface area contributed by atoms with Crippen molar-refractivity contribution < 1.29 is 4.79 Å². The molecule has 1 aromatic carbocycles. The first-order valence-electron chi connectivity index (χ1n) is 4.78. The Morgan fingerprint density at radius 2 is 1.93 bits per heavy atom. The van der Waals surface area contributed by atoms with E-state index in [0.717, 1.165) is 18.7 Å². The van der Waals surface area contributed by atoms with E-state index in [0.29, 0.717) is 5.69 Å². The lowest BCUT2D eigenvalue weighted by Gasteiger charge is -2.20. The van der Waals surface area contributed by atoms with Crippen LogP contribution in [0.1, 0.15) is 20.3 Å². The van der Waals surface area contributed by atoms with Gasteiger partial charge in [-0.05, 0) is 30.7 Å². The zero-order valence-corrected chi connectivity index (χ0v) is 8.66. The second kappa shape index (κ2) is 4.65. The van der Waals surface area contributed by atoms with Gasteiger partial charge in [0.1, 0.15) is 0 Å². The van der Waals surface area contributed by atoms with Crippen molar-refractivity contribution in [1.82, 2.24) is 0 Å². The van der Waals surface area contributed by atoms with E-state index in [2.05, 4.69) is 0 Å². The molecule has 3 heteroatoms. The summed E-state index contributed by atoms with van der Waals surface area (Å²) >= 11 is 0. The topological polar surface area (TPSA) is 46.3 Å². The molecular weight excluding hydrogens is 176 g/mol. The highest BCUT2D eigenvalue weighted by atomic mass is 16.2. The predicted molar refractivity (Wildman–Crippen MR) is 59.2 cm³/mol. The fraction of sp³-hybridized carbons (Fsp3) is 0.364. The van der Waals surface area contributed by atoms with Gasteiger partial charge in [0.25, 0.3) is 0 Å². The summed E-state index contributed by atoms with van der Waals surface area (Å²) in [4.78, 5) is 13.1. The van der Waals surface area contributed by atoms with E-state index < -0.39 is 0 Å². The molecule has 76 valence electrons. The van der Waals surface area contributed by atoms with E-state index in [1.165, 1.54) is 0 Å². The molecule has 0 radical (unpaired) electrons. The zero-order valence-electron chi connectivity index (χ0n) is 8.66. The van der Waals surface area contributed by atoms with Crippen molar-refractivity contribution in [3.05, 3.63) is 24.3 Å². The molecule has 2 N–H and O–H groups in total. The minimum atomic E-state index is 0.0663. The number of nitrogen functional groups attached to an aromatic ring is 1. The van der Waals surface area contributed by atoms with Gasteiger partial charge in [0, 0.05) is 24.8 Å². The van der Waals surface area contributed by atoms with Gasteiger partial charge in [-0.2, -0.15) is 0 Å². The van der Waals surface area contributed by atoms with Crippen LogP contribution in [0, 0.1) is 0 Å². The third-order valence-electron chi connectivity index (χ3n) is 2.03. The molecule has 3 nitrogen and oxygen atoms in total. The zero-order chi connectivity index (χ0) is 10.6. The number of carbonyl (C=O) groups is 1. The Morgan fingerprint density at radius 3 is 2.36 bits per heavy atom. The van der Waals surface area contributed by atoms with Crippen LogP contribution in [-0.2, 0) is 4.79 Å². The van der Waals surface area contributed by atoms with Crippen LogP contribution < -0.4 is 10.6 Å². The lowest BCUT2D eigenvalue weighted by Crippen LogP contribution is -2.28. The Bertz CT molecular complexity index is 306. The molecule has 0 bridgehead atoms. The van der Waals surface area contributed by atoms with Crippen LogP contribution in [0.4, 0.5) is 11.4 Å². The van der Waals surface area contributed by atoms with Crippen LogP contribution in [-0.4, -0.2) is 12.5 Å². The second-order valence-electron chi connectivity index (χ2n) is 3.26. The highest BCUT2D eigenvalue weighted by Gasteiger charge is 2.08. The molecule has 0 aromatic heterocycles. The van der Waals surface area contributed by atoms with Gasteiger partial charge in [0.05, 0.1) is 0 Å². The van der Waals surface area contributed by atoms with E-state index in [-0.39, 0.29) is 5.91 Å². The van der Waals surface area contributed by atoms with Gasteiger partial charge >= 0.3 is 0 Å². The Kier molecular flexibility index (Phi) is 3.51. The highest BCUT2D eigenvalue weighted by molar-refractivity contribution is 5.91. The summed E-state index contributed by atoms with van der Waals surface area (Å²) in [6.07, 6.45) is 0.948. The number of nitrogens with zero attached hydrogens (tertiary/aromatic N) is 1. The van der Waals surface area contributed by atoms with E-state index in [1.807, 2.05) is 19.1 Å². The molecule has 14 heavy (non-hydrogen) atoms. The number of benzene rings is 1. The van der Waals surface area contributed by atoms with Crippen molar-refractivity contribution in [2.45, 2.75) is 20.3 Å². The smallest absolute Gasteiger partial charge is 0.223 e. The minimum Gasteiger partial charge on any atom is -0.399 e. The Balaban J connectivity index is 2.87. The number of anilines is 2. The average Bonchev–Trinajstić information content (AvgIpc) is 2.15. The van der Waals surface area contributed by atoms with Gasteiger partial charge < -0.3 is 10.6 Å². The van der Waals surface area contributed by atoms with Crippen molar-refractivity contribution in [2.75, 3.05) is 17.2 Å². The van der Waals surface area contributed by atoms with Crippen LogP contribution in [0.2, 0.25) is 0 Å². The lowest BCUT2D eigenvalue weighted by atomic mass is 10.2. The van der Waals surface area contributed by atoms with Crippen LogP contribution in [0.3, 0.4) is 0 Å². The molecule has 0 aliphatic rings. The first-order valence-corrected chi connectivity index (χ1v) is 4.78. The molecule has 0 atom stereocenters. The predicted octanol–water partition coefficient (Wildman–Crippen LogP) is 2.03. The largest absolute Gasteiger partial charge is 0.399 e. The normalized spacial score (nSPS) is 9.86. The van der Waals surface area contributed by atoms with Gasteiger partial charge in [-0.25, -0.2) is 0 Å². The minimum absolute atomic E-state index is 0.0663. The summed E-state index contributed by atoms with van der Waals surface area (Å²) in [6, 6.07) is 7.35. The van der Waals surface area contributed by atoms with Gasteiger partial charge in [0.2, 0.25) is 5.91 Å². The van der Waals surface area contributed by atoms with Gasteiger partial charge in [-0.1, -0.05) is 6.92 Å². The van der Waals surface area contributed by atoms with Gasteiger partial charge in [-0.15, -0.1) is 0 Å². The maximum absolute atomic E-state index is 11.3. The van der Waals surface area contributed by atoms with Crippen LogP contribution >= 0.6 is 0 Å². The number of amides is 1. The third kappa shape index (κ3) is 2.49. The fourth-order valence-corrected chi connectivity index (χ4v) is 1.35. The van der Waals surface area contributed by atoms with Crippen molar-refractivity contribution in [3.63, 3.8) is 0 Å². The molecule has 0 heterocycles. The van der Waals surface area contributed by atoms with E-state index in [9.17, 15) is 4.79 Å². The maximum Gasteiger partial charge on any atom is 0.223 e. The van der Waals surface area contributed by atoms with Crippen molar-refractivity contribution in [2.24, 2.45) is 0 Å². The number of hydrogen-bond acceptors (Lipinski definition) is 2. The van der Waals surface area contributed by atoms with Crippen LogP contribution in [0.15, 0.2) is 24.3 Å². The van der Waals surface area contributed by atoms with E-state index in [1.54, 1.807) is 24.0 Å².